The summed E-state index contributed by atoms with van der Waals surface area (Å²) in [6.07, 6.45) is 1.74. The summed E-state index contributed by atoms with van der Waals surface area (Å²) in [5.74, 6) is 0.453. The van der Waals surface area contributed by atoms with Crippen molar-refractivity contribution in [2.75, 3.05) is 23.4 Å². The maximum Gasteiger partial charge on any atom is 0.227 e. The van der Waals surface area contributed by atoms with Crippen LogP contribution in [-0.2, 0) is 14.6 Å². The van der Waals surface area contributed by atoms with Crippen LogP contribution >= 0.6 is 0 Å². The average Bonchev–Trinajstić information content (AvgIpc) is 2.30. The molecule has 2 heterocycles. The molecule has 104 valence electrons. The molecule has 1 fully saturated rings. The highest BCUT2D eigenvalue weighted by atomic mass is 32.2. The quantitative estimate of drug-likeness (QED) is 0.821. The molecule has 1 amide bonds. The number of aryl methyl sites for hydroxylation is 1. The number of hydrogen-bond donors (Lipinski definition) is 2. The van der Waals surface area contributed by atoms with E-state index in [0.717, 1.165) is 5.56 Å². The summed E-state index contributed by atoms with van der Waals surface area (Å²) in [6.45, 7) is 2.26. The molecule has 0 aromatic carbocycles. The molecule has 0 saturated carbocycles. The van der Waals surface area contributed by atoms with Crippen LogP contribution in [0.1, 0.15) is 12.0 Å². The summed E-state index contributed by atoms with van der Waals surface area (Å²) < 4.78 is 22.9. The number of hydrogen-bond acceptors (Lipinski definition) is 5. The van der Waals surface area contributed by atoms with Gasteiger partial charge in [0.05, 0.1) is 11.5 Å². The van der Waals surface area contributed by atoms with E-state index in [1.165, 1.54) is 0 Å². The monoisotopic (exact) mass is 283 g/mol. The fraction of sp³-hybridized carbons (Fsp3) is 0.500. The zero-order chi connectivity index (χ0) is 13.9. The van der Waals surface area contributed by atoms with Crippen molar-refractivity contribution >= 4 is 21.6 Å². The Morgan fingerprint density at radius 3 is 3.05 bits per heavy atom. The number of aromatic nitrogens is 1. The van der Waals surface area contributed by atoms with Gasteiger partial charge in [0.25, 0.3) is 0 Å². The standard InChI is InChI=1S/C12H17N3O3S/c1-9-3-2-4-14-12(9)15-11(16)7-10-8-19(17,18)6-5-13-10/h2-4,10,13H,5-8H2,1H3,(H,14,15,16). The topological polar surface area (TPSA) is 88.2 Å². The molecule has 1 aliphatic rings. The van der Waals surface area contributed by atoms with E-state index in [9.17, 15) is 13.2 Å². The highest BCUT2D eigenvalue weighted by molar-refractivity contribution is 7.91. The van der Waals surface area contributed by atoms with Gasteiger partial charge in [0.2, 0.25) is 5.91 Å². The fourth-order valence-electron chi connectivity index (χ4n) is 2.02. The van der Waals surface area contributed by atoms with E-state index in [-0.39, 0.29) is 29.9 Å². The first kappa shape index (κ1) is 14.0. The molecule has 2 N–H and O–H groups in total. The van der Waals surface area contributed by atoms with Gasteiger partial charge >= 0.3 is 0 Å². The van der Waals surface area contributed by atoms with Crippen LogP contribution in [-0.4, -0.2) is 43.4 Å². The third-order valence-corrected chi connectivity index (χ3v) is 4.74. The van der Waals surface area contributed by atoms with E-state index in [2.05, 4.69) is 15.6 Å². The van der Waals surface area contributed by atoms with Crippen molar-refractivity contribution in [2.24, 2.45) is 0 Å². The normalized spacial score (nSPS) is 21.8. The maximum absolute atomic E-state index is 11.9. The molecule has 0 bridgehead atoms. The van der Waals surface area contributed by atoms with Gasteiger partial charge < -0.3 is 10.6 Å². The van der Waals surface area contributed by atoms with Gasteiger partial charge in [0.15, 0.2) is 9.84 Å². The molecule has 0 radical (unpaired) electrons. The average molecular weight is 283 g/mol. The number of pyridine rings is 1. The molecule has 1 atom stereocenters. The number of sulfone groups is 1. The molecule has 1 aromatic rings. The van der Waals surface area contributed by atoms with Crippen LogP contribution in [0, 0.1) is 6.92 Å². The highest BCUT2D eigenvalue weighted by Crippen LogP contribution is 2.11. The second kappa shape index (κ2) is 5.66. The van der Waals surface area contributed by atoms with Gasteiger partial charge in [0, 0.05) is 25.2 Å². The fourth-order valence-corrected chi connectivity index (χ4v) is 3.47. The summed E-state index contributed by atoms with van der Waals surface area (Å²) in [7, 11) is -3.02. The van der Waals surface area contributed by atoms with Crippen molar-refractivity contribution in [1.29, 1.82) is 0 Å². The molecule has 0 spiro atoms. The minimum absolute atomic E-state index is 0.0155. The Kier molecular flexibility index (Phi) is 4.16. The van der Waals surface area contributed by atoms with Crippen molar-refractivity contribution in [3.63, 3.8) is 0 Å². The number of amides is 1. The Morgan fingerprint density at radius 1 is 1.58 bits per heavy atom. The SMILES string of the molecule is Cc1cccnc1NC(=O)CC1CS(=O)(=O)CCN1. The lowest BCUT2D eigenvalue weighted by Crippen LogP contribution is -2.46. The number of nitrogens with zero attached hydrogens (tertiary/aromatic N) is 1. The maximum atomic E-state index is 11.9. The second-order valence-electron chi connectivity index (χ2n) is 4.69. The van der Waals surface area contributed by atoms with Crippen LogP contribution in [0.3, 0.4) is 0 Å². The molecule has 0 aliphatic carbocycles. The molecule has 6 nitrogen and oxygen atoms in total. The number of carbonyl (C=O) groups is 1. The first-order valence-electron chi connectivity index (χ1n) is 6.11. The van der Waals surface area contributed by atoms with Gasteiger partial charge in [-0.3, -0.25) is 4.79 Å². The van der Waals surface area contributed by atoms with Crippen LogP contribution in [0.15, 0.2) is 18.3 Å². The third-order valence-electron chi connectivity index (χ3n) is 3.00. The molecule has 1 aromatic heterocycles. The van der Waals surface area contributed by atoms with Gasteiger partial charge in [-0.25, -0.2) is 13.4 Å². The zero-order valence-corrected chi connectivity index (χ0v) is 11.5. The molecular formula is C12H17N3O3S. The van der Waals surface area contributed by atoms with Crippen molar-refractivity contribution in [1.82, 2.24) is 10.3 Å². The Balaban J connectivity index is 1.93. The van der Waals surface area contributed by atoms with Gasteiger partial charge in [0.1, 0.15) is 5.82 Å². The van der Waals surface area contributed by atoms with Gasteiger partial charge in [-0.2, -0.15) is 0 Å². The number of anilines is 1. The smallest absolute Gasteiger partial charge is 0.227 e. The van der Waals surface area contributed by atoms with E-state index in [1.807, 2.05) is 13.0 Å². The Morgan fingerprint density at radius 2 is 2.37 bits per heavy atom. The molecule has 1 unspecified atom stereocenters. The zero-order valence-electron chi connectivity index (χ0n) is 10.7. The first-order chi connectivity index (χ1) is 8.96. The van der Waals surface area contributed by atoms with Gasteiger partial charge in [-0.05, 0) is 18.6 Å². The molecule has 2 rings (SSSR count). The van der Waals surface area contributed by atoms with E-state index < -0.39 is 9.84 Å². The first-order valence-corrected chi connectivity index (χ1v) is 7.94. The van der Waals surface area contributed by atoms with Crippen LogP contribution in [0.25, 0.3) is 0 Å². The minimum atomic E-state index is -3.02. The summed E-state index contributed by atoms with van der Waals surface area (Å²) >= 11 is 0. The molecule has 1 saturated heterocycles. The number of rotatable bonds is 3. The molecule has 7 heteroatoms. The molecule has 1 aliphatic heterocycles. The van der Waals surface area contributed by atoms with Gasteiger partial charge in [-0.1, -0.05) is 6.07 Å². The van der Waals surface area contributed by atoms with Crippen molar-refractivity contribution in [3.05, 3.63) is 23.9 Å². The highest BCUT2D eigenvalue weighted by Gasteiger charge is 2.26. The minimum Gasteiger partial charge on any atom is -0.311 e. The molecular weight excluding hydrogens is 266 g/mol. The predicted molar refractivity (Wildman–Crippen MR) is 72.7 cm³/mol. The van der Waals surface area contributed by atoms with Crippen molar-refractivity contribution in [3.8, 4) is 0 Å². The number of carbonyl (C=O) groups excluding carboxylic acids is 1. The Bertz CT molecular complexity index is 571. The Labute approximate surface area is 112 Å². The van der Waals surface area contributed by atoms with Crippen LogP contribution in [0.4, 0.5) is 5.82 Å². The van der Waals surface area contributed by atoms with Crippen LogP contribution in [0.2, 0.25) is 0 Å². The third kappa shape index (κ3) is 4.00. The lowest BCUT2D eigenvalue weighted by atomic mass is 10.2. The van der Waals surface area contributed by atoms with Crippen molar-refractivity contribution in [2.45, 2.75) is 19.4 Å². The summed E-state index contributed by atoms with van der Waals surface area (Å²) in [5, 5.41) is 5.75. The Hall–Kier alpha value is -1.47. The largest absolute Gasteiger partial charge is 0.311 e. The van der Waals surface area contributed by atoms with Gasteiger partial charge in [-0.15, -0.1) is 0 Å². The summed E-state index contributed by atoms with van der Waals surface area (Å²) in [5.41, 5.74) is 0.875. The lowest BCUT2D eigenvalue weighted by molar-refractivity contribution is -0.116. The predicted octanol–water partition coefficient (Wildman–Crippen LogP) is 0.105. The lowest BCUT2D eigenvalue weighted by Gasteiger charge is -2.23. The second-order valence-corrected chi connectivity index (χ2v) is 6.92. The molecule has 19 heavy (non-hydrogen) atoms. The van der Waals surface area contributed by atoms with E-state index in [1.54, 1.807) is 12.3 Å². The summed E-state index contributed by atoms with van der Waals surface area (Å²) in [6, 6.07) is 3.33. The van der Waals surface area contributed by atoms with Crippen molar-refractivity contribution < 1.29 is 13.2 Å². The van der Waals surface area contributed by atoms with Crippen LogP contribution < -0.4 is 10.6 Å². The van der Waals surface area contributed by atoms with Crippen LogP contribution in [0.5, 0.6) is 0 Å². The van der Waals surface area contributed by atoms with E-state index in [4.69, 9.17) is 0 Å². The number of nitrogens with one attached hydrogen (secondary N) is 2. The van der Waals surface area contributed by atoms with E-state index >= 15 is 0 Å². The van der Waals surface area contributed by atoms with E-state index in [0.29, 0.717) is 12.4 Å². The summed E-state index contributed by atoms with van der Waals surface area (Å²) in [4.78, 5) is 15.9.